The van der Waals surface area contributed by atoms with E-state index in [1.807, 2.05) is 40.6 Å². The van der Waals surface area contributed by atoms with Crippen LogP contribution in [0.3, 0.4) is 0 Å². The molecule has 8 heteroatoms. The molecule has 0 saturated carbocycles. The number of carbonyl (C=O) groups is 1. The normalized spacial score (nSPS) is 14.3. The van der Waals surface area contributed by atoms with Crippen LogP contribution in [0.25, 0.3) is 21.5 Å². The van der Waals surface area contributed by atoms with Gasteiger partial charge in [-0.25, -0.2) is 15.0 Å². The molecule has 0 spiro atoms. The molecule has 0 bridgehead atoms. The number of anilines is 1. The summed E-state index contributed by atoms with van der Waals surface area (Å²) in [5.41, 5.74) is 1.01. The van der Waals surface area contributed by atoms with Crippen molar-refractivity contribution in [2.75, 3.05) is 31.1 Å². The molecule has 31 heavy (non-hydrogen) atoms. The molecule has 1 amide bonds. The molecule has 0 aliphatic carbocycles. The van der Waals surface area contributed by atoms with Crippen LogP contribution >= 0.6 is 11.3 Å². The maximum absolute atomic E-state index is 12.7. The van der Waals surface area contributed by atoms with Crippen LogP contribution in [0.1, 0.15) is 18.7 Å². The summed E-state index contributed by atoms with van der Waals surface area (Å²) in [6.45, 7) is 3.00. The van der Waals surface area contributed by atoms with Gasteiger partial charge >= 0.3 is 0 Å². The zero-order valence-corrected chi connectivity index (χ0v) is 17.9. The Labute approximate surface area is 184 Å². The average Bonchev–Trinajstić information content (AvgIpc) is 3.49. The van der Waals surface area contributed by atoms with Crippen molar-refractivity contribution >= 4 is 33.3 Å². The Morgan fingerprint density at radius 1 is 1.03 bits per heavy atom. The Kier molecular flexibility index (Phi) is 5.62. The van der Waals surface area contributed by atoms with Crippen LogP contribution in [0, 0.1) is 0 Å². The van der Waals surface area contributed by atoms with Gasteiger partial charge in [-0.05, 0) is 17.9 Å². The predicted molar refractivity (Wildman–Crippen MR) is 121 cm³/mol. The second kappa shape index (κ2) is 8.85. The zero-order valence-electron chi connectivity index (χ0n) is 17.1. The van der Waals surface area contributed by atoms with Crippen LogP contribution < -0.4 is 4.90 Å². The highest BCUT2D eigenvalue weighted by Crippen LogP contribution is 2.27. The van der Waals surface area contributed by atoms with Crippen molar-refractivity contribution in [3.05, 3.63) is 60.2 Å². The van der Waals surface area contributed by atoms with Gasteiger partial charge in [0.05, 0.1) is 11.6 Å². The van der Waals surface area contributed by atoms with Crippen LogP contribution in [0.5, 0.6) is 0 Å². The maximum Gasteiger partial charge on any atom is 0.222 e. The highest BCUT2D eigenvalue weighted by Gasteiger charge is 2.23. The monoisotopic (exact) mass is 433 g/mol. The molecule has 0 unspecified atom stereocenters. The van der Waals surface area contributed by atoms with Crippen molar-refractivity contribution in [1.29, 1.82) is 0 Å². The van der Waals surface area contributed by atoms with E-state index in [0.29, 0.717) is 31.8 Å². The molecule has 7 nitrogen and oxygen atoms in total. The number of nitrogens with zero attached hydrogens (tertiary/aromatic N) is 5. The smallest absolute Gasteiger partial charge is 0.222 e. The number of rotatable bonds is 6. The fourth-order valence-electron chi connectivity index (χ4n) is 3.91. The third-order valence-electron chi connectivity index (χ3n) is 5.57. The summed E-state index contributed by atoms with van der Waals surface area (Å²) >= 11 is 1.62. The number of piperazine rings is 1. The van der Waals surface area contributed by atoms with E-state index >= 15 is 0 Å². The molecular weight excluding hydrogens is 410 g/mol. The third-order valence-corrected chi connectivity index (χ3v) is 6.39. The first-order valence-electron chi connectivity index (χ1n) is 10.5. The minimum Gasteiger partial charge on any atom is -0.441 e. The van der Waals surface area contributed by atoms with Gasteiger partial charge in [-0.15, -0.1) is 11.3 Å². The fourth-order valence-corrected chi connectivity index (χ4v) is 4.63. The van der Waals surface area contributed by atoms with E-state index in [2.05, 4.69) is 25.9 Å². The van der Waals surface area contributed by atoms with Crippen molar-refractivity contribution in [1.82, 2.24) is 19.9 Å². The quantitative estimate of drug-likeness (QED) is 0.457. The number of hydrogen-bond acceptors (Lipinski definition) is 7. The van der Waals surface area contributed by atoms with Crippen LogP contribution in [0.15, 0.2) is 58.7 Å². The number of aryl methyl sites for hydroxylation is 1. The molecule has 0 radical (unpaired) electrons. The van der Waals surface area contributed by atoms with Crippen molar-refractivity contribution in [3.8, 4) is 11.3 Å². The Morgan fingerprint density at radius 3 is 2.71 bits per heavy atom. The summed E-state index contributed by atoms with van der Waals surface area (Å²) in [4.78, 5) is 31.0. The van der Waals surface area contributed by atoms with Crippen molar-refractivity contribution < 1.29 is 9.21 Å². The molecular formula is C23H23N5O2S. The third kappa shape index (κ3) is 4.29. The lowest BCUT2D eigenvalue weighted by Crippen LogP contribution is -2.49. The molecule has 1 fully saturated rings. The number of aromatic nitrogens is 3. The SMILES string of the molecule is O=C(CCCc1ncc(-c2ccccc2)o1)N1CCN(c2ncnc3sccc23)CC1. The second-order valence-electron chi connectivity index (χ2n) is 7.54. The topological polar surface area (TPSA) is 75.4 Å². The molecule has 1 saturated heterocycles. The van der Waals surface area contributed by atoms with Crippen LogP contribution in [0.4, 0.5) is 5.82 Å². The fraction of sp³-hybridized carbons (Fsp3) is 0.304. The number of carbonyl (C=O) groups excluding carboxylic acids is 1. The molecule has 0 N–H and O–H groups in total. The minimum absolute atomic E-state index is 0.192. The Morgan fingerprint density at radius 2 is 1.87 bits per heavy atom. The molecule has 4 heterocycles. The minimum atomic E-state index is 0.192. The second-order valence-corrected chi connectivity index (χ2v) is 8.44. The van der Waals surface area contributed by atoms with Gasteiger partial charge in [0.25, 0.3) is 0 Å². The molecule has 158 valence electrons. The average molecular weight is 434 g/mol. The van der Waals surface area contributed by atoms with E-state index < -0.39 is 0 Å². The lowest BCUT2D eigenvalue weighted by Gasteiger charge is -2.35. The lowest BCUT2D eigenvalue weighted by molar-refractivity contribution is -0.131. The Hall–Kier alpha value is -3.26. The standard InChI is InChI=1S/C23H23N5O2S/c29-21(8-4-7-20-24-15-19(30-20)17-5-2-1-3-6-17)27-10-12-28(13-11-27)22-18-9-14-31-23(18)26-16-25-22/h1-3,5-6,9,14-16H,4,7-8,10-13H2. The summed E-state index contributed by atoms with van der Waals surface area (Å²) < 4.78 is 5.83. The molecule has 1 aliphatic rings. The van der Waals surface area contributed by atoms with E-state index in [9.17, 15) is 4.79 Å². The van der Waals surface area contributed by atoms with E-state index in [0.717, 1.165) is 46.9 Å². The van der Waals surface area contributed by atoms with Gasteiger partial charge in [0.1, 0.15) is 17.0 Å². The van der Waals surface area contributed by atoms with Crippen molar-refractivity contribution in [2.24, 2.45) is 0 Å². The molecule has 3 aromatic heterocycles. The van der Waals surface area contributed by atoms with E-state index in [4.69, 9.17) is 4.42 Å². The molecule has 1 aliphatic heterocycles. The molecule has 1 aromatic carbocycles. The van der Waals surface area contributed by atoms with Gasteiger partial charge in [0, 0.05) is 44.6 Å². The number of fused-ring (bicyclic) bond motifs is 1. The molecule has 5 rings (SSSR count). The molecule has 0 atom stereocenters. The molecule has 4 aromatic rings. The summed E-state index contributed by atoms with van der Waals surface area (Å²) in [5.74, 6) is 2.61. The van der Waals surface area contributed by atoms with E-state index in [1.165, 1.54) is 0 Å². The van der Waals surface area contributed by atoms with Crippen molar-refractivity contribution in [2.45, 2.75) is 19.3 Å². The van der Waals surface area contributed by atoms with Crippen LogP contribution in [0.2, 0.25) is 0 Å². The van der Waals surface area contributed by atoms with Crippen LogP contribution in [-0.2, 0) is 11.2 Å². The number of benzene rings is 1. The maximum atomic E-state index is 12.7. The van der Waals surface area contributed by atoms with Crippen molar-refractivity contribution in [3.63, 3.8) is 0 Å². The summed E-state index contributed by atoms with van der Waals surface area (Å²) in [6.07, 6.45) is 5.27. The van der Waals surface area contributed by atoms with Gasteiger partial charge in [-0.3, -0.25) is 4.79 Å². The van der Waals surface area contributed by atoms with Gasteiger partial charge in [-0.1, -0.05) is 30.3 Å². The van der Waals surface area contributed by atoms with Gasteiger partial charge in [0.2, 0.25) is 5.91 Å². The number of thiophene rings is 1. The summed E-state index contributed by atoms with van der Waals surface area (Å²) in [6, 6.07) is 12.0. The largest absolute Gasteiger partial charge is 0.441 e. The van der Waals surface area contributed by atoms with Gasteiger partial charge in [-0.2, -0.15) is 0 Å². The highest BCUT2D eigenvalue weighted by molar-refractivity contribution is 7.16. The first kappa shape index (κ1) is 19.7. The van der Waals surface area contributed by atoms with Gasteiger partial charge in [0.15, 0.2) is 11.7 Å². The highest BCUT2D eigenvalue weighted by atomic mass is 32.1. The van der Waals surface area contributed by atoms with Gasteiger partial charge < -0.3 is 14.2 Å². The first-order valence-corrected chi connectivity index (χ1v) is 11.4. The number of amides is 1. The number of oxazole rings is 1. The lowest BCUT2D eigenvalue weighted by atomic mass is 10.2. The van der Waals surface area contributed by atoms with Crippen LogP contribution in [-0.4, -0.2) is 51.9 Å². The summed E-state index contributed by atoms with van der Waals surface area (Å²) in [7, 11) is 0. The Bertz CT molecular complexity index is 1160. The van der Waals surface area contributed by atoms with E-state index in [-0.39, 0.29) is 5.91 Å². The summed E-state index contributed by atoms with van der Waals surface area (Å²) in [5, 5.41) is 3.13. The predicted octanol–water partition coefficient (Wildman–Crippen LogP) is 4.02. The van der Waals surface area contributed by atoms with E-state index in [1.54, 1.807) is 23.9 Å². The number of hydrogen-bond donors (Lipinski definition) is 0. The zero-order chi connectivity index (χ0) is 21.0. The Balaban J connectivity index is 1.11. The first-order chi connectivity index (χ1) is 15.3.